The normalized spacial score (nSPS) is 14.8. The van der Waals surface area contributed by atoms with Crippen LogP contribution in [0.5, 0.6) is 5.88 Å². The number of thiophene rings is 1. The lowest BCUT2D eigenvalue weighted by Crippen LogP contribution is -2.31. The van der Waals surface area contributed by atoms with Gasteiger partial charge in [0.1, 0.15) is 29.6 Å². The highest BCUT2D eigenvalue weighted by molar-refractivity contribution is 7.16. The van der Waals surface area contributed by atoms with Crippen LogP contribution in [0.15, 0.2) is 54.6 Å². The van der Waals surface area contributed by atoms with E-state index >= 15 is 8.78 Å². The van der Waals surface area contributed by atoms with Gasteiger partial charge in [-0.15, -0.1) is 11.3 Å². The number of rotatable bonds is 9. The summed E-state index contributed by atoms with van der Waals surface area (Å²) in [6.07, 6.45) is 0.421. The van der Waals surface area contributed by atoms with Gasteiger partial charge in [0.15, 0.2) is 5.82 Å². The maximum absolute atomic E-state index is 15.4. The number of aromatic nitrogens is 3. The Morgan fingerprint density at radius 1 is 1.10 bits per heavy atom. The molecule has 41 heavy (non-hydrogen) atoms. The Hall–Kier alpha value is -3.93. The van der Waals surface area contributed by atoms with Crippen molar-refractivity contribution in [2.24, 2.45) is 0 Å². The number of carbonyl (C=O) groups is 1. The molecule has 210 valence electrons. The van der Waals surface area contributed by atoms with Crippen LogP contribution in [0.2, 0.25) is 4.34 Å². The summed E-state index contributed by atoms with van der Waals surface area (Å²) in [5.74, 6) is -3.02. The highest BCUT2D eigenvalue weighted by Crippen LogP contribution is 2.30. The zero-order valence-electron chi connectivity index (χ0n) is 21.2. The monoisotopic (exact) mass is 599 g/mol. The molecule has 1 fully saturated rings. The first-order valence-corrected chi connectivity index (χ1v) is 13.8. The molecule has 0 radical (unpaired) electrons. The Bertz CT molecular complexity index is 1790. The molecule has 1 saturated heterocycles. The van der Waals surface area contributed by atoms with E-state index in [-0.39, 0.29) is 70.8 Å². The van der Waals surface area contributed by atoms with Crippen molar-refractivity contribution in [3.8, 4) is 17.1 Å². The zero-order chi connectivity index (χ0) is 28.7. The molecule has 5 aromatic rings. The van der Waals surface area contributed by atoms with Gasteiger partial charge in [0.25, 0.3) is 0 Å². The molecule has 3 aromatic heterocycles. The number of hydrogen-bond donors (Lipinski definition) is 1. The minimum absolute atomic E-state index is 0.00169. The smallest absolute Gasteiger partial charge is 0.335 e. The van der Waals surface area contributed by atoms with Crippen molar-refractivity contribution in [2.75, 3.05) is 6.61 Å². The number of carboxylic acid groups (broad SMARTS) is 1. The number of ether oxygens (including phenoxy) is 2. The molecule has 0 amide bonds. The van der Waals surface area contributed by atoms with Gasteiger partial charge in [-0.2, -0.15) is 0 Å². The van der Waals surface area contributed by atoms with Crippen LogP contribution in [0, 0.1) is 17.5 Å². The first kappa shape index (κ1) is 27.3. The van der Waals surface area contributed by atoms with Gasteiger partial charge in [0.05, 0.1) is 33.8 Å². The van der Waals surface area contributed by atoms with Gasteiger partial charge in [0, 0.05) is 29.5 Å². The fourth-order valence-corrected chi connectivity index (χ4v) is 5.63. The Labute approximate surface area is 240 Å². The van der Waals surface area contributed by atoms with Crippen molar-refractivity contribution in [3.05, 3.63) is 98.2 Å². The summed E-state index contributed by atoms with van der Waals surface area (Å²) in [5.41, 5.74) is 0.0930. The Morgan fingerprint density at radius 3 is 2.63 bits per heavy atom. The quantitative estimate of drug-likeness (QED) is 0.199. The molecule has 4 heterocycles. The molecule has 1 atom stereocenters. The molecule has 0 spiro atoms. The number of halogens is 4. The van der Waals surface area contributed by atoms with Crippen LogP contribution in [0.1, 0.15) is 33.0 Å². The maximum Gasteiger partial charge on any atom is 0.335 e. The topological polar surface area (TPSA) is 86.5 Å². The summed E-state index contributed by atoms with van der Waals surface area (Å²) in [6, 6.07) is 12.7. The van der Waals surface area contributed by atoms with Gasteiger partial charge in [-0.05, 0) is 54.4 Å². The van der Waals surface area contributed by atoms with E-state index in [2.05, 4.69) is 9.97 Å². The fraction of sp³-hybridized carbons (Fsp3) is 0.207. The molecule has 12 heteroatoms. The summed E-state index contributed by atoms with van der Waals surface area (Å²) < 4.78 is 59.0. The minimum atomic E-state index is -1.29. The maximum atomic E-state index is 15.4. The van der Waals surface area contributed by atoms with Crippen molar-refractivity contribution < 1.29 is 32.5 Å². The third-order valence-electron chi connectivity index (χ3n) is 6.79. The van der Waals surface area contributed by atoms with Crippen LogP contribution in [0.3, 0.4) is 0 Å². The molecule has 0 aliphatic carbocycles. The average Bonchev–Trinajstić information content (AvgIpc) is 3.50. The number of benzene rings is 2. The molecular formula is C29H21ClF3N3O4S. The fourth-order valence-electron chi connectivity index (χ4n) is 4.63. The Balaban J connectivity index is 1.30. The number of carboxylic acids is 1. The van der Waals surface area contributed by atoms with Crippen LogP contribution < -0.4 is 4.74 Å². The number of pyridine rings is 1. The van der Waals surface area contributed by atoms with E-state index in [1.807, 2.05) is 6.07 Å². The third kappa shape index (κ3) is 5.65. The molecule has 6 rings (SSSR count). The Morgan fingerprint density at radius 2 is 1.93 bits per heavy atom. The van der Waals surface area contributed by atoms with E-state index in [0.29, 0.717) is 10.9 Å². The van der Waals surface area contributed by atoms with Crippen molar-refractivity contribution >= 4 is 39.9 Å². The van der Waals surface area contributed by atoms with E-state index in [1.165, 1.54) is 17.4 Å². The predicted molar refractivity (Wildman–Crippen MR) is 147 cm³/mol. The number of hydrogen-bond acceptors (Lipinski definition) is 6. The van der Waals surface area contributed by atoms with Crippen molar-refractivity contribution in [3.63, 3.8) is 0 Å². The van der Waals surface area contributed by atoms with Gasteiger partial charge in [0.2, 0.25) is 5.88 Å². The summed E-state index contributed by atoms with van der Waals surface area (Å²) in [7, 11) is 0. The lowest BCUT2D eigenvalue weighted by atomic mass is 10.0. The molecule has 2 aromatic carbocycles. The zero-order valence-corrected chi connectivity index (χ0v) is 22.8. The molecule has 7 nitrogen and oxygen atoms in total. The minimum Gasteiger partial charge on any atom is -0.478 e. The second-order valence-corrected chi connectivity index (χ2v) is 11.3. The van der Waals surface area contributed by atoms with E-state index in [4.69, 9.17) is 21.1 Å². The predicted octanol–water partition coefficient (Wildman–Crippen LogP) is 6.89. The lowest BCUT2D eigenvalue weighted by Gasteiger charge is -2.27. The van der Waals surface area contributed by atoms with Crippen LogP contribution in [-0.2, 0) is 24.3 Å². The van der Waals surface area contributed by atoms with Crippen LogP contribution in [0.4, 0.5) is 13.2 Å². The van der Waals surface area contributed by atoms with Crippen molar-refractivity contribution in [2.45, 2.75) is 32.1 Å². The molecule has 0 unspecified atom stereocenters. The molecule has 1 aliphatic rings. The van der Waals surface area contributed by atoms with Gasteiger partial charge < -0.3 is 19.1 Å². The standard InChI is InChI=1S/C29H21ClF3N3O4S/c30-25-5-4-18(41-25)14-40-27-3-1-2-23(34-27)19-12-20(31)15(8-21(19)32)11-26-35-28-22(33)9-16(29(37)38)10-24(28)36(26)13-17-6-7-39-17/h1-5,8-10,12,17H,6-7,11,13-14H2,(H,37,38)/t17-/m0/s1. The Kier molecular flexibility index (Phi) is 7.41. The summed E-state index contributed by atoms with van der Waals surface area (Å²) in [4.78, 5) is 21.1. The van der Waals surface area contributed by atoms with Gasteiger partial charge in [-0.25, -0.2) is 27.9 Å². The summed E-state index contributed by atoms with van der Waals surface area (Å²) in [6.45, 7) is 1.07. The average molecular weight is 600 g/mol. The molecule has 0 saturated carbocycles. The number of aromatic carboxylic acids is 1. The molecule has 0 bridgehead atoms. The highest BCUT2D eigenvalue weighted by Gasteiger charge is 2.25. The van der Waals surface area contributed by atoms with Gasteiger partial charge in [-0.1, -0.05) is 17.7 Å². The van der Waals surface area contributed by atoms with Crippen LogP contribution >= 0.6 is 22.9 Å². The SMILES string of the molecule is O=C(O)c1cc(F)c2nc(Cc3cc(F)c(-c4cccc(OCc5ccc(Cl)s5)n4)cc3F)n(C[C@@H]3CCO3)c2c1. The van der Waals surface area contributed by atoms with E-state index in [1.54, 1.807) is 28.8 Å². The van der Waals surface area contributed by atoms with Crippen LogP contribution in [0.25, 0.3) is 22.3 Å². The van der Waals surface area contributed by atoms with E-state index < -0.39 is 23.4 Å². The lowest BCUT2D eigenvalue weighted by molar-refractivity contribution is -0.0589. The summed E-state index contributed by atoms with van der Waals surface area (Å²) >= 11 is 7.32. The van der Waals surface area contributed by atoms with Crippen molar-refractivity contribution in [1.82, 2.24) is 14.5 Å². The number of imidazole rings is 1. The molecule has 1 aliphatic heterocycles. The highest BCUT2D eigenvalue weighted by atomic mass is 35.5. The van der Waals surface area contributed by atoms with Crippen LogP contribution in [-0.4, -0.2) is 38.3 Å². The van der Waals surface area contributed by atoms with Gasteiger partial charge >= 0.3 is 5.97 Å². The first-order chi connectivity index (χ1) is 19.7. The largest absolute Gasteiger partial charge is 0.478 e. The van der Waals surface area contributed by atoms with E-state index in [9.17, 15) is 14.3 Å². The number of nitrogens with zero attached hydrogens (tertiary/aromatic N) is 3. The molecular weight excluding hydrogens is 579 g/mol. The second-order valence-electron chi connectivity index (χ2n) is 9.51. The second kappa shape index (κ2) is 11.2. The summed E-state index contributed by atoms with van der Waals surface area (Å²) in [5, 5.41) is 9.40. The molecule has 1 N–H and O–H groups in total. The first-order valence-electron chi connectivity index (χ1n) is 12.6. The van der Waals surface area contributed by atoms with Crippen molar-refractivity contribution in [1.29, 1.82) is 0 Å². The van der Waals surface area contributed by atoms with Gasteiger partial charge in [-0.3, -0.25) is 0 Å². The van der Waals surface area contributed by atoms with E-state index in [0.717, 1.165) is 29.5 Å². The third-order valence-corrected chi connectivity index (χ3v) is 7.99. The number of fused-ring (bicyclic) bond motifs is 1.